The van der Waals surface area contributed by atoms with Crippen LogP contribution in [0.2, 0.25) is 0 Å². The van der Waals surface area contributed by atoms with Crippen molar-refractivity contribution in [2.75, 3.05) is 23.3 Å². The summed E-state index contributed by atoms with van der Waals surface area (Å²) in [5.41, 5.74) is 4.85. The van der Waals surface area contributed by atoms with Gasteiger partial charge >= 0.3 is 0 Å². The lowest BCUT2D eigenvalue weighted by molar-refractivity contribution is -0.116. The molecule has 3 aromatic carbocycles. The first-order valence-corrected chi connectivity index (χ1v) is 12.7. The predicted octanol–water partition coefficient (Wildman–Crippen LogP) is 6.54. The fraction of sp³-hybridized carbons (Fsp3) is 0.258. The minimum atomic E-state index is -0.0135. The number of piperidine rings is 1. The second-order valence-corrected chi connectivity index (χ2v) is 9.65. The Morgan fingerprint density at radius 3 is 2.00 bits per heavy atom. The van der Waals surface area contributed by atoms with Crippen molar-refractivity contribution in [3.05, 3.63) is 108 Å². The lowest BCUT2D eigenvalue weighted by Gasteiger charge is -2.30. The third-order valence-corrected chi connectivity index (χ3v) is 7.02. The van der Waals surface area contributed by atoms with E-state index in [-0.39, 0.29) is 11.8 Å². The number of rotatable bonds is 7. The summed E-state index contributed by atoms with van der Waals surface area (Å²) in [6.45, 7) is 4.39. The second-order valence-electron chi connectivity index (χ2n) is 9.65. The molecule has 5 rings (SSSR count). The first kappa shape index (κ1) is 23.7. The van der Waals surface area contributed by atoms with Crippen molar-refractivity contribution in [3.63, 3.8) is 0 Å². The summed E-state index contributed by atoms with van der Waals surface area (Å²) in [5, 5.41) is 12.0. The van der Waals surface area contributed by atoms with Crippen LogP contribution in [0.5, 0.6) is 0 Å². The first-order valence-electron chi connectivity index (χ1n) is 12.7. The molecule has 36 heavy (non-hydrogen) atoms. The molecule has 0 radical (unpaired) electrons. The average molecular weight is 477 g/mol. The molecule has 0 unspecified atom stereocenters. The Balaban J connectivity index is 1.23. The van der Waals surface area contributed by atoms with Crippen LogP contribution in [0.3, 0.4) is 0 Å². The number of carbonyl (C=O) groups is 1. The zero-order valence-electron chi connectivity index (χ0n) is 20.7. The Morgan fingerprint density at radius 2 is 1.44 bits per heavy atom. The topological polar surface area (TPSA) is 58.1 Å². The van der Waals surface area contributed by atoms with Crippen molar-refractivity contribution >= 4 is 17.4 Å². The number of hydrogen-bond acceptors (Lipinski definition) is 4. The minimum absolute atomic E-state index is 0.00331. The van der Waals surface area contributed by atoms with E-state index in [2.05, 4.69) is 57.7 Å². The maximum absolute atomic E-state index is 13.0. The highest BCUT2D eigenvalue weighted by molar-refractivity contribution is 5.91. The molecule has 0 aliphatic carbocycles. The van der Waals surface area contributed by atoms with E-state index >= 15 is 0 Å². The highest BCUT2D eigenvalue weighted by Gasteiger charge is 2.19. The number of aromatic nitrogens is 2. The molecule has 1 saturated heterocycles. The fourth-order valence-electron chi connectivity index (χ4n) is 4.81. The van der Waals surface area contributed by atoms with Gasteiger partial charge in [0.1, 0.15) is 0 Å². The highest BCUT2D eigenvalue weighted by atomic mass is 16.1. The van der Waals surface area contributed by atoms with Gasteiger partial charge in [-0.1, -0.05) is 79.7 Å². The highest BCUT2D eigenvalue weighted by Crippen LogP contribution is 2.29. The molecule has 1 amide bonds. The Labute approximate surface area is 213 Å². The van der Waals surface area contributed by atoms with Crippen LogP contribution in [0.1, 0.15) is 43.2 Å². The second kappa shape index (κ2) is 11.2. The third-order valence-electron chi connectivity index (χ3n) is 7.02. The number of hydrogen-bond donors (Lipinski definition) is 1. The summed E-state index contributed by atoms with van der Waals surface area (Å²) in [7, 11) is 0. The quantitative estimate of drug-likeness (QED) is 0.329. The fourth-order valence-corrected chi connectivity index (χ4v) is 4.81. The Morgan fingerprint density at radius 1 is 0.833 bits per heavy atom. The van der Waals surface area contributed by atoms with E-state index in [0.717, 1.165) is 52.9 Å². The molecule has 0 spiro atoms. The van der Waals surface area contributed by atoms with E-state index < -0.39 is 0 Å². The molecule has 182 valence electrons. The van der Waals surface area contributed by atoms with E-state index in [1.807, 2.05) is 66.7 Å². The van der Waals surface area contributed by atoms with Gasteiger partial charge in [-0.3, -0.25) is 4.79 Å². The van der Waals surface area contributed by atoms with E-state index in [0.29, 0.717) is 6.42 Å². The SMILES string of the molecule is CC1CCN(c2ccc(-c3ccc(NC(=O)CC(c4ccccc4)c4ccccc4)cc3)nn2)CC1. The lowest BCUT2D eigenvalue weighted by Crippen LogP contribution is -2.33. The van der Waals surface area contributed by atoms with Crippen LogP contribution < -0.4 is 10.2 Å². The van der Waals surface area contributed by atoms with Crippen molar-refractivity contribution in [3.8, 4) is 11.3 Å². The van der Waals surface area contributed by atoms with Crippen LogP contribution in [0.25, 0.3) is 11.3 Å². The number of benzene rings is 3. The molecular weight excluding hydrogens is 444 g/mol. The van der Waals surface area contributed by atoms with Crippen molar-refractivity contribution < 1.29 is 4.79 Å². The summed E-state index contributed by atoms with van der Waals surface area (Å²) in [4.78, 5) is 15.3. The molecule has 0 bridgehead atoms. The van der Waals surface area contributed by atoms with Gasteiger partial charge in [0.25, 0.3) is 0 Å². The van der Waals surface area contributed by atoms with Gasteiger partial charge in [0.2, 0.25) is 5.91 Å². The van der Waals surface area contributed by atoms with Gasteiger partial charge in [-0.15, -0.1) is 10.2 Å². The number of anilines is 2. The van der Waals surface area contributed by atoms with Crippen molar-refractivity contribution in [1.29, 1.82) is 0 Å². The van der Waals surface area contributed by atoms with E-state index in [1.165, 1.54) is 12.8 Å². The Bertz CT molecular complexity index is 1210. The van der Waals surface area contributed by atoms with Gasteiger partial charge in [0, 0.05) is 36.7 Å². The third kappa shape index (κ3) is 5.80. The molecule has 0 atom stereocenters. The molecule has 1 N–H and O–H groups in total. The Kier molecular flexibility index (Phi) is 7.36. The van der Waals surface area contributed by atoms with Gasteiger partial charge < -0.3 is 10.2 Å². The molecule has 1 aliphatic heterocycles. The Hall–Kier alpha value is -3.99. The van der Waals surface area contributed by atoms with E-state index in [4.69, 9.17) is 0 Å². The molecular formula is C31H32N4O. The number of nitrogens with one attached hydrogen (secondary N) is 1. The summed E-state index contributed by atoms with van der Waals surface area (Å²) in [6, 6.07) is 32.3. The van der Waals surface area contributed by atoms with Crippen LogP contribution in [-0.4, -0.2) is 29.2 Å². The number of carbonyl (C=O) groups excluding carboxylic acids is 1. The largest absolute Gasteiger partial charge is 0.355 e. The van der Waals surface area contributed by atoms with Crippen molar-refractivity contribution in [2.45, 2.75) is 32.1 Å². The minimum Gasteiger partial charge on any atom is -0.355 e. The zero-order valence-corrected chi connectivity index (χ0v) is 20.7. The van der Waals surface area contributed by atoms with Crippen molar-refractivity contribution in [2.24, 2.45) is 5.92 Å². The zero-order chi connectivity index (χ0) is 24.7. The molecule has 5 nitrogen and oxygen atoms in total. The molecule has 1 aliphatic rings. The van der Waals surface area contributed by atoms with Crippen molar-refractivity contribution in [1.82, 2.24) is 10.2 Å². The van der Waals surface area contributed by atoms with Crippen LogP contribution in [0.15, 0.2) is 97.1 Å². The molecule has 4 aromatic rings. The number of nitrogens with zero attached hydrogens (tertiary/aromatic N) is 3. The smallest absolute Gasteiger partial charge is 0.225 e. The summed E-state index contributed by atoms with van der Waals surface area (Å²) < 4.78 is 0. The lowest BCUT2D eigenvalue weighted by atomic mass is 9.88. The molecule has 5 heteroatoms. The molecule has 1 fully saturated rings. The molecule has 2 heterocycles. The molecule has 1 aromatic heterocycles. The van der Waals surface area contributed by atoms with Gasteiger partial charge in [0.15, 0.2) is 5.82 Å². The van der Waals surface area contributed by atoms with Crippen LogP contribution in [0, 0.1) is 5.92 Å². The number of amides is 1. The van der Waals surface area contributed by atoms with Gasteiger partial charge in [-0.05, 0) is 54.2 Å². The van der Waals surface area contributed by atoms with Gasteiger partial charge in [-0.2, -0.15) is 0 Å². The average Bonchev–Trinajstić information content (AvgIpc) is 2.94. The maximum atomic E-state index is 13.0. The summed E-state index contributed by atoms with van der Waals surface area (Å²) >= 11 is 0. The normalized spacial score (nSPS) is 14.1. The van der Waals surface area contributed by atoms with Crippen LogP contribution in [0.4, 0.5) is 11.5 Å². The monoisotopic (exact) mass is 476 g/mol. The predicted molar refractivity (Wildman–Crippen MR) is 146 cm³/mol. The van der Waals surface area contributed by atoms with Gasteiger partial charge in [0.05, 0.1) is 5.69 Å². The van der Waals surface area contributed by atoms with Crippen LogP contribution in [-0.2, 0) is 4.79 Å². The standard InChI is InChI=1S/C31H32N4O/c1-23-18-20-35(21-19-23)30-17-16-29(33-34-30)26-12-14-27(15-13-26)32-31(36)22-28(24-8-4-2-5-9-24)25-10-6-3-7-11-25/h2-17,23,28H,18-22H2,1H3,(H,32,36). The van der Waals surface area contributed by atoms with E-state index in [9.17, 15) is 4.79 Å². The summed E-state index contributed by atoms with van der Waals surface area (Å²) in [5.74, 6) is 1.72. The maximum Gasteiger partial charge on any atom is 0.225 e. The first-order chi connectivity index (χ1) is 17.7. The van der Waals surface area contributed by atoms with Crippen LogP contribution >= 0.6 is 0 Å². The summed E-state index contributed by atoms with van der Waals surface area (Å²) in [6.07, 6.45) is 2.78. The molecule has 0 saturated carbocycles. The van der Waals surface area contributed by atoms with E-state index in [1.54, 1.807) is 0 Å². The van der Waals surface area contributed by atoms with Gasteiger partial charge in [-0.25, -0.2) is 0 Å².